The van der Waals surface area contributed by atoms with Crippen molar-refractivity contribution in [2.75, 3.05) is 73.3 Å². The fourth-order valence-electron chi connectivity index (χ4n) is 7.30. The third kappa shape index (κ3) is 21.3. The molecule has 0 radical (unpaired) electrons. The van der Waals surface area contributed by atoms with Crippen molar-refractivity contribution in [2.24, 2.45) is 12.0 Å². The lowest BCUT2D eigenvalue weighted by Crippen LogP contribution is -2.33. The minimum atomic E-state index is -4.39. The summed E-state index contributed by atoms with van der Waals surface area (Å²) in [6.07, 6.45) is -3.56. The summed E-state index contributed by atoms with van der Waals surface area (Å²) in [7, 11) is 3.62. The van der Waals surface area contributed by atoms with Gasteiger partial charge in [0.1, 0.15) is 34.6 Å². The Kier molecular flexibility index (Phi) is 27.8. The van der Waals surface area contributed by atoms with E-state index >= 15 is 0 Å². The van der Waals surface area contributed by atoms with Crippen LogP contribution >= 0.6 is 12.2 Å². The zero-order chi connectivity index (χ0) is 56.1. The molecule has 0 bridgehead atoms. The number of halogens is 6. The van der Waals surface area contributed by atoms with Crippen molar-refractivity contribution >= 4 is 80.6 Å². The quantitative estimate of drug-likeness (QED) is 0.0210. The zero-order valence-electron chi connectivity index (χ0n) is 43.2. The van der Waals surface area contributed by atoms with Crippen LogP contribution in [0.15, 0.2) is 127 Å². The third-order valence-electron chi connectivity index (χ3n) is 11.2. The topological polar surface area (TPSA) is 189 Å². The SMILES string of the molecule is C.C.C.CCCN(CC)CC(=O)Nc1cc(Oc2ccc(NC)c(N)c2)ccn1.CCCN(CC)CC(=O)Nc1cc(Oc2ccc3c(c2)nc(Nc2ccc(C(F)(F)F)cc2)n3C)ccn1.FC(F)(F)c1ccc(N=C=S)cc1. The molecule has 7 rings (SSSR count). The van der Waals surface area contributed by atoms with Crippen molar-refractivity contribution in [2.45, 2.75) is 75.2 Å². The molecular weight excluding hydrogens is 1060 g/mol. The van der Waals surface area contributed by atoms with Gasteiger partial charge in [-0.3, -0.25) is 19.4 Å². The molecular formula is C57H72F6N12O4S. The number of imidazole rings is 1. The summed E-state index contributed by atoms with van der Waals surface area (Å²) >= 11 is 4.30. The highest BCUT2D eigenvalue weighted by atomic mass is 32.1. The van der Waals surface area contributed by atoms with Crippen molar-refractivity contribution in [3.8, 4) is 23.0 Å². The minimum Gasteiger partial charge on any atom is -0.457 e. The molecule has 16 nitrogen and oxygen atoms in total. The van der Waals surface area contributed by atoms with Crippen molar-refractivity contribution in [1.29, 1.82) is 0 Å². The molecule has 0 aliphatic rings. The van der Waals surface area contributed by atoms with Crippen molar-refractivity contribution in [1.82, 2.24) is 29.3 Å². The molecule has 23 heteroatoms. The summed E-state index contributed by atoms with van der Waals surface area (Å²) in [5.41, 5.74) is 8.27. The fourth-order valence-corrected chi connectivity index (χ4v) is 7.40. The molecule has 2 amide bonds. The van der Waals surface area contributed by atoms with Gasteiger partial charge in [-0.05, 0) is 136 Å². The number of hydrogen-bond donors (Lipinski definition) is 5. The second-order valence-corrected chi connectivity index (χ2v) is 17.1. The van der Waals surface area contributed by atoms with Crippen LogP contribution < -0.4 is 36.5 Å². The number of carbonyl (C=O) groups excluding carboxylic acids is 2. The van der Waals surface area contributed by atoms with Gasteiger partial charge in [0.2, 0.25) is 17.8 Å². The number of benzene rings is 4. The summed E-state index contributed by atoms with van der Waals surface area (Å²) in [6, 6.07) is 26.7. The molecule has 0 saturated carbocycles. The molecule has 3 aromatic heterocycles. The van der Waals surface area contributed by atoms with Gasteiger partial charge in [0.25, 0.3) is 0 Å². The van der Waals surface area contributed by atoms with E-state index in [1.807, 2.05) is 39.1 Å². The largest absolute Gasteiger partial charge is 0.457 e. The number of rotatable bonds is 20. The number of nitrogens with two attached hydrogens (primary N) is 1. The molecule has 80 heavy (non-hydrogen) atoms. The normalized spacial score (nSPS) is 10.7. The molecule has 0 atom stereocenters. The van der Waals surface area contributed by atoms with E-state index in [0.29, 0.717) is 69.7 Å². The van der Waals surface area contributed by atoms with Gasteiger partial charge in [0, 0.05) is 56.4 Å². The van der Waals surface area contributed by atoms with Crippen LogP contribution in [0.5, 0.6) is 23.0 Å². The smallest absolute Gasteiger partial charge is 0.416 e. The van der Waals surface area contributed by atoms with E-state index in [0.717, 1.165) is 74.5 Å². The number of amides is 2. The summed E-state index contributed by atoms with van der Waals surface area (Å²) in [5.74, 6) is 3.30. The highest BCUT2D eigenvalue weighted by Gasteiger charge is 2.31. The van der Waals surface area contributed by atoms with E-state index in [1.54, 1.807) is 66.5 Å². The number of thiocarbonyl (C=S) groups is 1. The number of hydrogen-bond acceptors (Lipinski definition) is 14. The molecule has 0 aliphatic carbocycles. The first-order valence-corrected chi connectivity index (χ1v) is 24.7. The summed E-state index contributed by atoms with van der Waals surface area (Å²) < 4.78 is 88.2. The summed E-state index contributed by atoms with van der Waals surface area (Å²) in [6.45, 7) is 12.2. The molecule has 432 valence electrons. The Morgan fingerprint density at radius 1 is 0.675 bits per heavy atom. The van der Waals surface area contributed by atoms with E-state index in [9.17, 15) is 35.9 Å². The first-order valence-electron chi connectivity index (χ1n) is 24.3. The number of nitrogens with one attached hydrogen (secondary N) is 4. The van der Waals surface area contributed by atoms with Gasteiger partial charge in [-0.1, -0.05) is 50.0 Å². The lowest BCUT2D eigenvalue weighted by molar-refractivity contribution is -0.138. The van der Waals surface area contributed by atoms with Crippen molar-refractivity contribution in [3.05, 3.63) is 133 Å². The zero-order valence-corrected chi connectivity index (χ0v) is 44.0. The number of fused-ring (bicyclic) bond motifs is 1. The van der Waals surface area contributed by atoms with Gasteiger partial charge >= 0.3 is 12.4 Å². The van der Waals surface area contributed by atoms with E-state index < -0.39 is 23.5 Å². The molecule has 0 aliphatic heterocycles. The molecule has 6 N–H and O–H groups in total. The van der Waals surface area contributed by atoms with Crippen LogP contribution in [-0.2, 0) is 29.0 Å². The maximum atomic E-state index is 12.8. The van der Waals surface area contributed by atoms with E-state index in [4.69, 9.17) is 15.2 Å². The average Bonchev–Trinajstić information content (AvgIpc) is 3.69. The first-order chi connectivity index (χ1) is 36.7. The predicted octanol–water partition coefficient (Wildman–Crippen LogP) is 14.7. The van der Waals surface area contributed by atoms with Crippen LogP contribution in [0.2, 0.25) is 0 Å². The Balaban J connectivity index is 0.000000451. The van der Waals surface area contributed by atoms with Gasteiger partial charge in [0.05, 0.1) is 57.5 Å². The molecule has 0 fully saturated rings. The number of carbonyl (C=O) groups is 2. The Hall–Kier alpha value is -8.11. The first kappa shape index (κ1) is 68.0. The average molecular weight is 1140 g/mol. The van der Waals surface area contributed by atoms with Gasteiger partial charge in [0.15, 0.2) is 0 Å². The Morgan fingerprint density at radius 2 is 1.14 bits per heavy atom. The number of alkyl halides is 6. The van der Waals surface area contributed by atoms with Gasteiger partial charge in [-0.25, -0.2) is 15.0 Å². The molecule has 0 unspecified atom stereocenters. The molecule has 4 aromatic carbocycles. The number of anilines is 6. The van der Waals surface area contributed by atoms with Crippen molar-refractivity contribution in [3.63, 3.8) is 0 Å². The van der Waals surface area contributed by atoms with Gasteiger partial charge in [-0.2, -0.15) is 31.3 Å². The minimum absolute atomic E-state index is 0. The van der Waals surface area contributed by atoms with Crippen LogP contribution in [0.4, 0.5) is 66.7 Å². The van der Waals surface area contributed by atoms with Gasteiger partial charge < -0.3 is 41.0 Å². The monoisotopic (exact) mass is 1130 g/mol. The van der Waals surface area contributed by atoms with Gasteiger partial charge in [-0.15, -0.1) is 0 Å². The molecule has 7 aromatic rings. The molecule has 0 saturated heterocycles. The number of ether oxygens (including phenoxy) is 2. The predicted molar refractivity (Wildman–Crippen MR) is 313 cm³/mol. The summed E-state index contributed by atoms with van der Waals surface area (Å²) in [4.78, 5) is 45.2. The fraction of sp³-hybridized carbons (Fsp3) is 0.333. The number of aromatic nitrogens is 4. The number of aliphatic imine (C=N–C) groups is 1. The Bertz CT molecular complexity index is 3080. The van der Waals surface area contributed by atoms with Crippen LogP contribution in [0.25, 0.3) is 11.0 Å². The second-order valence-electron chi connectivity index (χ2n) is 16.9. The second kappa shape index (κ2) is 32.7. The Labute approximate surface area is 469 Å². The maximum absolute atomic E-state index is 12.8. The number of likely N-dealkylation sites (N-methyl/N-ethyl adjacent to an activating group) is 2. The van der Waals surface area contributed by atoms with Crippen LogP contribution in [0, 0.1) is 0 Å². The lowest BCUT2D eigenvalue weighted by Gasteiger charge is -2.18. The molecule has 3 heterocycles. The standard InChI is InChI=1S/C27H29F3N6O2.C19H27N5O2.C8H4F3NS.3CH4/c1-4-14-36(5-2)17-25(37)34-24-16-21(12-13-31-24)38-20-10-11-23-22(15-20)33-26(35(23)3)32-19-8-6-18(7-9-19)27(28,29)30;1-4-10-24(5-2)13-19(25)23-18-12-15(8-9-22-18)26-14-6-7-17(21-3)16(20)11-14;9-8(10,11)6-1-3-7(4-2-6)12-5-13;;;/h6-13,15-16H,4-5,14,17H2,1-3H3,(H,32,33)(H,31,34,37);6-9,11-12,21H,4-5,10,13,20H2,1-3H3,(H,22,23,25);1-4H;3*1H4. The maximum Gasteiger partial charge on any atom is 0.416 e. The number of pyridine rings is 2. The third-order valence-corrected chi connectivity index (χ3v) is 11.3. The number of isothiocyanates is 1. The van der Waals surface area contributed by atoms with E-state index in [-0.39, 0.29) is 40.6 Å². The van der Waals surface area contributed by atoms with E-state index in [1.165, 1.54) is 24.3 Å². The van der Waals surface area contributed by atoms with E-state index in [2.05, 4.69) is 82.2 Å². The highest BCUT2D eigenvalue weighted by Crippen LogP contribution is 2.33. The molecule has 0 spiro atoms. The van der Waals surface area contributed by atoms with Crippen LogP contribution in [0.3, 0.4) is 0 Å². The van der Waals surface area contributed by atoms with Crippen molar-refractivity contribution < 1.29 is 45.4 Å². The highest BCUT2D eigenvalue weighted by molar-refractivity contribution is 7.78. The van der Waals surface area contributed by atoms with Crippen LogP contribution in [-0.4, -0.2) is 92.6 Å². The lowest BCUT2D eigenvalue weighted by atomic mass is 10.2. The number of aryl methyl sites for hydroxylation is 1. The van der Waals surface area contributed by atoms with Crippen LogP contribution in [0.1, 0.15) is 73.9 Å². The Morgan fingerprint density at radius 3 is 1.57 bits per heavy atom. The summed E-state index contributed by atoms with van der Waals surface area (Å²) in [5, 5.41) is 13.7. The number of nitrogen functional groups attached to an aromatic ring is 1. The number of nitrogens with zero attached hydrogens (tertiary/aromatic N) is 7.